The first-order valence-electron chi connectivity index (χ1n) is 8.22. The molecule has 0 aliphatic heterocycles. The van der Waals surface area contributed by atoms with Crippen molar-refractivity contribution < 1.29 is 14.7 Å². The number of carboxylic acids is 1. The van der Waals surface area contributed by atoms with Gasteiger partial charge in [0.15, 0.2) is 0 Å². The number of aromatic carboxylic acids is 1. The van der Waals surface area contributed by atoms with E-state index in [0.717, 1.165) is 18.4 Å². The minimum atomic E-state index is -0.983. The number of rotatable bonds is 4. The van der Waals surface area contributed by atoms with Gasteiger partial charge in [0.25, 0.3) is 5.91 Å². The van der Waals surface area contributed by atoms with Crippen LogP contribution in [0.15, 0.2) is 30.6 Å². The van der Waals surface area contributed by atoms with Crippen molar-refractivity contribution in [2.45, 2.75) is 25.2 Å². The second-order valence-corrected chi connectivity index (χ2v) is 6.42. The Labute approximate surface area is 143 Å². The molecule has 1 fully saturated rings. The summed E-state index contributed by atoms with van der Waals surface area (Å²) in [6.45, 7) is 0. The summed E-state index contributed by atoms with van der Waals surface area (Å²) in [5.41, 5.74) is 3.08. The Hall–Kier alpha value is -3.09. The van der Waals surface area contributed by atoms with E-state index in [1.165, 1.54) is 12.6 Å². The number of hydrogen-bond acceptors (Lipinski definition) is 3. The van der Waals surface area contributed by atoms with E-state index >= 15 is 0 Å². The minimum Gasteiger partial charge on any atom is -0.478 e. The van der Waals surface area contributed by atoms with Gasteiger partial charge in [0.2, 0.25) is 0 Å². The second-order valence-electron chi connectivity index (χ2n) is 6.42. The molecule has 25 heavy (non-hydrogen) atoms. The molecule has 1 saturated carbocycles. The van der Waals surface area contributed by atoms with Crippen LogP contribution < -0.4 is 5.32 Å². The summed E-state index contributed by atoms with van der Waals surface area (Å²) in [7, 11) is 1.77. The van der Waals surface area contributed by atoms with E-state index in [4.69, 9.17) is 5.11 Å². The Kier molecular flexibility index (Phi) is 3.56. The molecule has 4 rings (SSSR count). The van der Waals surface area contributed by atoms with Gasteiger partial charge >= 0.3 is 5.97 Å². The summed E-state index contributed by atoms with van der Waals surface area (Å²) in [5.74, 6) is -0.771. The maximum absolute atomic E-state index is 12.7. The third-order valence-electron chi connectivity index (χ3n) is 4.90. The van der Waals surface area contributed by atoms with Gasteiger partial charge in [-0.1, -0.05) is 6.42 Å². The van der Waals surface area contributed by atoms with Crippen LogP contribution in [-0.2, 0) is 7.05 Å². The lowest BCUT2D eigenvalue weighted by molar-refractivity contribution is 0.0699. The average Bonchev–Trinajstić information content (AvgIpc) is 3.09. The predicted octanol–water partition coefficient (Wildman–Crippen LogP) is 3.12. The molecule has 2 heterocycles. The fourth-order valence-corrected chi connectivity index (χ4v) is 3.32. The van der Waals surface area contributed by atoms with Crippen molar-refractivity contribution in [2.75, 3.05) is 5.32 Å². The molecule has 7 heteroatoms. The molecule has 1 amide bonds. The summed E-state index contributed by atoms with van der Waals surface area (Å²) in [4.78, 5) is 26.8. The Bertz CT molecular complexity index is 982. The van der Waals surface area contributed by atoms with Crippen molar-refractivity contribution in [3.8, 4) is 0 Å². The summed E-state index contributed by atoms with van der Waals surface area (Å²) < 4.78 is 1.61. The van der Waals surface area contributed by atoms with E-state index in [9.17, 15) is 9.59 Å². The number of aryl methyl sites for hydroxylation is 1. The largest absolute Gasteiger partial charge is 0.478 e. The SMILES string of the molecule is Cn1ncc(C2CCC2)c1C(=O)Nc1ccc2c(C(=O)O)c[nH]c2c1. The highest BCUT2D eigenvalue weighted by Crippen LogP contribution is 2.38. The molecule has 1 aromatic carbocycles. The summed E-state index contributed by atoms with van der Waals surface area (Å²) in [6.07, 6.45) is 6.62. The number of hydrogen-bond donors (Lipinski definition) is 3. The number of nitrogens with one attached hydrogen (secondary N) is 2. The van der Waals surface area contributed by atoms with Crippen LogP contribution in [0.1, 0.15) is 51.6 Å². The van der Waals surface area contributed by atoms with Gasteiger partial charge < -0.3 is 15.4 Å². The molecule has 0 bridgehead atoms. The molecule has 3 aromatic rings. The number of fused-ring (bicyclic) bond motifs is 1. The number of benzene rings is 1. The second kappa shape index (κ2) is 5.77. The van der Waals surface area contributed by atoms with Gasteiger partial charge in [-0.3, -0.25) is 9.48 Å². The van der Waals surface area contributed by atoms with E-state index < -0.39 is 5.97 Å². The number of aromatic amines is 1. The smallest absolute Gasteiger partial charge is 0.337 e. The van der Waals surface area contributed by atoms with Crippen molar-refractivity contribution in [3.05, 3.63) is 47.4 Å². The zero-order valence-electron chi connectivity index (χ0n) is 13.7. The third kappa shape index (κ3) is 2.57. The number of carbonyl (C=O) groups excluding carboxylic acids is 1. The topological polar surface area (TPSA) is 100 Å². The van der Waals surface area contributed by atoms with E-state index in [1.807, 2.05) is 0 Å². The van der Waals surface area contributed by atoms with Crippen molar-refractivity contribution >= 4 is 28.5 Å². The molecular weight excluding hydrogens is 320 g/mol. The molecule has 7 nitrogen and oxygen atoms in total. The van der Waals surface area contributed by atoms with Gasteiger partial charge in [0.1, 0.15) is 5.69 Å². The fourth-order valence-electron chi connectivity index (χ4n) is 3.32. The van der Waals surface area contributed by atoms with E-state index in [-0.39, 0.29) is 11.5 Å². The Morgan fingerprint density at radius 1 is 1.36 bits per heavy atom. The first-order chi connectivity index (χ1) is 12.0. The lowest BCUT2D eigenvalue weighted by atomic mass is 9.80. The maximum atomic E-state index is 12.7. The Morgan fingerprint density at radius 2 is 2.16 bits per heavy atom. The number of nitrogens with zero attached hydrogens (tertiary/aromatic N) is 2. The molecule has 0 spiro atoms. The highest BCUT2D eigenvalue weighted by atomic mass is 16.4. The average molecular weight is 338 g/mol. The van der Waals surface area contributed by atoms with Crippen molar-refractivity contribution in [1.82, 2.24) is 14.8 Å². The summed E-state index contributed by atoms with van der Waals surface area (Å²) >= 11 is 0. The van der Waals surface area contributed by atoms with Crippen LogP contribution >= 0.6 is 0 Å². The van der Waals surface area contributed by atoms with Crippen molar-refractivity contribution in [3.63, 3.8) is 0 Å². The number of amides is 1. The molecule has 0 saturated heterocycles. The number of anilines is 1. The van der Waals surface area contributed by atoms with Gasteiger partial charge in [-0.15, -0.1) is 0 Å². The van der Waals surface area contributed by atoms with Gasteiger partial charge in [0.05, 0.1) is 11.8 Å². The maximum Gasteiger partial charge on any atom is 0.337 e. The highest BCUT2D eigenvalue weighted by molar-refractivity contribution is 6.07. The first kappa shape index (κ1) is 15.4. The minimum absolute atomic E-state index is 0.203. The molecule has 2 aromatic heterocycles. The molecule has 3 N–H and O–H groups in total. The standard InChI is InChI=1S/C18H18N4O3/c1-22-16(13(9-20-22)10-3-2-4-10)17(23)21-11-5-6-12-14(18(24)25)8-19-15(12)7-11/h5-10,19H,2-4H2,1H3,(H,21,23)(H,24,25). The van der Waals surface area contributed by atoms with E-state index in [1.54, 1.807) is 36.1 Å². The number of aromatic nitrogens is 3. The summed E-state index contributed by atoms with van der Waals surface area (Å²) in [5, 5.41) is 16.9. The van der Waals surface area contributed by atoms with Gasteiger partial charge in [-0.05, 0) is 37.0 Å². The zero-order valence-corrected chi connectivity index (χ0v) is 13.7. The van der Waals surface area contributed by atoms with Crippen molar-refractivity contribution in [1.29, 1.82) is 0 Å². The van der Waals surface area contributed by atoms with Gasteiger partial charge in [0, 0.05) is 35.4 Å². The van der Waals surface area contributed by atoms with Gasteiger partial charge in [-0.2, -0.15) is 5.10 Å². The number of H-pyrrole nitrogens is 1. The quantitative estimate of drug-likeness (QED) is 0.680. The molecule has 0 atom stereocenters. The monoisotopic (exact) mass is 338 g/mol. The number of carbonyl (C=O) groups is 2. The molecule has 0 radical (unpaired) electrons. The fraction of sp³-hybridized carbons (Fsp3) is 0.278. The molecule has 1 aliphatic rings. The van der Waals surface area contributed by atoms with Crippen LogP contribution in [0.3, 0.4) is 0 Å². The van der Waals surface area contributed by atoms with Crippen LogP contribution in [-0.4, -0.2) is 31.7 Å². The Balaban J connectivity index is 1.62. The van der Waals surface area contributed by atoms with Crippen LogP contribution in [0, 0.1) is 0 Å². The van der Waals surface area contributed by atoms with Crippen LogP contribution in [0.25, 0.3) is 10.9 Å². The Morgan fingerprint density at radius 3 is 2.84 bits per heavy atom. The molecule has 128 valence electrons. The van der Waals surface area contributed by atoms with Crippen LogP contribution in [0.2, 0.25) is 0 Å². The molecular formula is C18H18N4O3. The highest BCUT2D eigenvalue weighted by Gasteiger charge is 2.27. The molecule has 1 aliphatic carbocycles. The van der Waals surface area contributed by atoms with E-state index in [0.29, 0.717) is 28.2 Å². The van der Waals surface area contributed by atoms with Crippen LogP contribution in [0.4, 0.5) is 5.69 Å². The van der Waals surface area contributed by atoms with Crippen molar-refractivity contribution in [2.24, 2.45) is 7.05 Å². The van der Waals surface area contributed by atoms with E-state index in [2.05, 4.69) is 15.4 Å². The first-order valence-corrected chi connectivity index (χ1v) is 8.22. The zero-order chi connectivity index (χ0) is 17.6. The third-order valence-corrected chi connectivity index (χ3v) is 4.90. The number of carboxylic acid groups (broad SMARTS) is 1. The van der Waals surface area contributed by atoms with Crippen LogP contribution in [0.5, 0.6) is 0 Å². The molecule has 0 unspecified atom stereocenters. The normalized spacial score (nSPS) is 14.4. The summed E-state index contributed by atoms with van der Waals surface area (Å²) in [6, 6.07) is 5.14. The van der Waals surface area contributed by atoms with Gasteiger partial charge in [-0.25, -0.2) is 4.79 Å². The lowest BCUT2D eigenvalue weighted by Crippen LogP contribution is -2.20. The predicted molar refractivity (Wildman–Crippen MR) is 93.0 cm³/mol. The lowest BCUT2D eigenvalue weighted by Gasteiger charge is -2.25.